The van der Waals surface area contributed by atoms with E-state index in [1.54, 1.807) is 26.0 Å². The van der Waals surface area contributed by atoms with Gasteiger partial charge in [0.15, 0.2) is 6.10 Å². The van der Waals surface area contributed by atoms with Crippen molar-refractivity contribution in [3.8, 4) is 11.1 Å². The van der Waals surface area contributed by atoms with Crippen molar-refractivity contribution in [2.75, 3.05) is 6.79 Å². The van der Waals surface area contributed by atoms with Crippen LogP contribution in [0.3, 0.4) is 0 Å². The number of rotatable bonds is 13. The number of esters is 1. The van der Waals surface area contributed by atoms with Crippen LogP contribution in [0.5, 0.6) is 0 Å². The Balaban J connectivity index is 1.46. The number of hydrogen-bond donors (Lipinski definition) is 4. The smallest absolute Gasteiger partial charge is 0.332 e. The average molecular weight is 610 g/mol. The third kappa shape index (κ3) is 8.28. The number of carbonyl (C=O) groups is 3. The number of halogens is 1. The molecule has 0 aliphatic heterocycles. The second-order valence-electron chi connectivity index (χ2n) is 10.3. The highest BCUT2D eigenvalue weighted by Gasteiger charge is 2.23. The molecule has 0 spiro atoms. The van der Waals surface area contributed by atoms with Crippen LogP contribution in [0, 0.1) is 5.92 Å². The number of hydrogen-bond acceptors (Lipinski definition) is 9. The summed E-state index contributed by atoms with van der Waals surface area (Å²) >= 11 is 6.11. The number of aromatic nitrogens is 3. The van der Waals surface area contributed by atoms with Crippen molar-refractivity contribution in [3.05, 3.63) is 82.9 Å². The average Bonchev–Trinajstić information content (AvgIpc) is 3.39. The van der Waals surface area contributed by atoms with Gasteiger partial charge in [-0.3, -0.25) is 9.59 Å². The summed E-state index contributed by atoms with van der Waals surface area (Å²) in [6.45, 7) is 3.10. The number of aliphatic carboxylic acids is 1. The number of nitrogens with zero attached hydrogens (tertiary/aromatic N) is 3. The normalized spacial score (nSPS) is 13.3. The number of ether oxygens (including phenoxy) is 1. The van der Waals surface area contributed by atoms with Crippen LogP contribution in [-0.4, -0.2) is 68.2 Å². The van der Waals surface area contributed by atoms with Crippen molar-refractivity contribution in [3.63, 3.8) is 0 Å². The molecule has 0 unspecified atom stereocenters. The lowest BCUT2D eigenvalue weighted by molar-refractivity contribution is -0.160. The molecule has 0 aliphatic carbocycles. The zero-order valence-electron chi connectivity index (χ0n) is 23.5. The van der Waals surface area contributed by atoms with Crippen molar-refractivity contribution in [2.45, 2.75) is 44.9 Å². The second-order valence-corrected chi connectivity index (χ2v) is 10.8. The molecule has 0 saturated carbocycles. The van der Waals surface area contributed by atoms with E-state index in [0.29, 0.717) is 16.1 Å². The van der Waals surface area contributed by atoms with Crippen LogP contribution in [0.2, 0.25) is 5.02 Å². The lowest BCUT2D eigenvalue weighted by Gasteiger charge is -2.21. The van der Waals surface area contributed by atoms with Gasteiger partial charge in [0.1, 0.15) is 17.1 Å². The van der Waals surface area contributed by atoms with Gasteiger partial charge in [-0.25, -0.2) is 4.79 Å². The summed E-state index contributed by atoms with van der Waals surface area (Å²) in [5.74, 6) is -2.65. The van der Waals surface area contributed by atoms with Crippen LogP contribution in [0.25, 0.3) is 22.2 Å². The molecular formula is C30H32ClN5O7. The Hall–Kier alpha value is -4.52. The topological polar surface area (TPSA) is 179 Å². The lowest BCUT2D eigenvalue weighted by atomic mass is 9.97. The molecule has 4 rings (SSSR count). The zero-order valence-corrected chi connectivity index (χ0v) is 24.3. The molecule has 1 heterocycles. The van der Waals surface area contributed by atoms with E-state index in [4.69, 9.17) is 26.9 Å². The predicted molar refractivity (Wildman–Crippen MR) is 158 cm³/mol. The minimum Gasteiger partial charge on any atom is -0.479 e. The molecule has 226 valence electrons. The van der Waals surface area contributed by atoms with Gasteiger partial charge in [0, 0.05) is 23.0 Å². The maximum atomic E-state index is 13.3. The summed E-state index contributed by atoms with van der Waals surface area (Å²) in [5, 5.41) is 30.6. The van der Waals surface area contributed by atoms with E-state index in [2.05, 4.69) is 15.6 Å². The number of nitrogens with one attached hydrogen (secondary N) is 1. The van der Waals surface area contributed by atoms with Crippen molar-refractivity contribution in [1.82, 2.24) is 20.5 Å². The molecule has 0 aliphatic rings. The first-order valence-corrected chi connectivity index (χ1v) is 13.9. The van der Waals surface area contributed by atoms with Gasteiger partial charge in [0.2, 0.25) is 0 Å². The first kappa shape index (κ1) is 31.4. The molecule has 1 aromatic heterocycles. The molecule has 4 aromatic rings. The number of carbonyl (C=O) groups excluding carboxylic acids is 2. The molecule has 3 aromatic carbocycles. The van der Waals surface area contributed by atoms with Gasteiger partial charge >= 0.3 is 11.9 Å². The highest BCUT2D eigenvalue weighted by atomic mass is 35.5. The lowest BCUT2D eigenvalue weighted by Crippen LogP contribution is -2.40. The number of nitrogens with two attached hydrogens (primary N) is 1. The number of amides is 1. The number of carboxylic acids is 1. The number of fused-ring (bicyclic) bond motifs is 1. The Morgan fingerprint density at radius 3 is 2.47 bits per heavy atom. The fourth-order valence-electron chi connectivity index (χ4n) is 4.26. The van der Waals surface area contributed by atoms with Gasteiger partial charge in [-0.1, -0.05) is 66.7 Å². The summed E-state index contributed by atoms with van der Waals surface area (Å²) < 4.78 is 5.04. The molecule has 0 saturated heterocycles. The summed E-state index contributed by atoms with van der Waals surface area (Å²) in [6, 6.07) is 18.0. The van der Waals surface area contributed by atoms with Crippen LogP contribution in [0.15, 0.2) is 66.7 Å². The largest absolute Gasteiger partial charge is 0.479 e. The second kappa shape index (κ2) is 14.1. The number of carboxylic acid groups (broad SMARTS) is 1. The summed E-state index contributed by atoms with van der Waals surface area (Å²) in [4.78, 5) is 43.0. The van der Waals surface area contributed by atoms with Crippen LogP contribution in [0.4, 0.5) is 0 Å². The monoisotopic (exact) mass is 609 g/mol. The van der Waals surface area contributed by atoms with E-state index in [1.165, 1.54) is 12.1 Å². The Morgan fingerprint density at radius 2 is 1.79 bits per heavy atom. The highest BCUT2D eigenvalue weighted by Crippen LogP contribution is 2.24. The fraction of sp³-hybridized carbons (Fsp3) is 0.300. The van der Waals surface area contributed by atoms with Gasteiger partial charge in [0.05, 0.1) is 0 Å². The molecule has 13 heteroatoms. The fourth-order valence-corrected chi connectivity index (χ4v) is 4.45. The van der Waals surface area contributed by atoms with Crippen molar-refractivity contribution in [1.29, 1.82) is 0 Å². The molecule has 12 nitrogen and oxygen atoms in total. The Bertz CT molecular complexity index is 1590. The third-order valence-corrected chi connectivity index (χ3v) is 7.00. The molecule has 3 atom stereocenters. The SMILES string of the molecule is CC(C)[C@@H](N)C(=O)OCOn1nnc2ccc(C(=O)N[C@H](Cc3ccc(-c4cccc(Cl)c4)cc3)C[C@@H](O)C(=O)O)cc21. The summed E-state index contributed by atoms with van der Waals surface area (Å²) in [7, 11) is 0. The molecular weight excluding hydrogens is 578 g/mol. The predicted octanol–water partition coefficient (Wildman–Crippen LogP) is 2.84. The van der Waals surface area contributed by atoms with Gasteiger partial charge in [0.25, 0.3) is 12.7 Å². The minimum atomic E-state index is -1.68. The van der Waals surface area contributed by atoms with E-state index in [9.17, 15) is 24.6 Å². The van der Waals surface area contributed by atoms with Crippen LogP contribution >= 0.6 is 11.6 Å². The number of aliphatic hydroxyl groups excluding tert-OH is 1. The first-order valence-electron chi connectivity index (χ1n) is 13.5. The van der Waals surface area contributed by atoms with Crippen molar-refractivity contribution < 1.29 is 34.2 Å². The van der Waals surface area contributed by atoms with E-state index in [0.717, 1.165) is 21.5 Å². The number of benzene rings is 3. The van der Waals surface area contributed by atoms with Crippen LogP contribution < -0.4 is 15.9 Å². The molecule has 5 N–H and O–H groups in total. The van der Waals surface area contributed by atoms with Gasteiger partial charge < -0.3 is 30.8 Å². The number of aliphatic hydroxyl groups is 1. The van der Waals surface area contributed by atoms with Crippen LogP contribution in [0.1, 0.15) is 36.2 Å². The quantitative estimate of drug-likeness (QED) is 0.130. The first-order chi connectivity index (χ1) is 20.5. The third-order valence-electron chi connectivity index (χ3n) is 6.77. The van der Waals surface area contributed by atoms with Crippen molar-refractivity contribution >= 4 is 40.5 Å². The molecule has 0 radical (unpaired) electrons. The van der Waals surface area contributed by atoms with Gasteiger partial charge in [-0.2, -0.15) is 0 Å². The Morgan fingerprint density at radius 1 is 1.05 bits per heavy atom. The Labute approximate surface area is 252 Å². The Kier molecular flexibility index (Phi) is 10.3. The zero-order chi connectivity index (χ0) is 31.1. The van der Waals surface area contributed by atoms with E-state index >= 15 is 0 Å². The standard InChI is InChI=1S/C30H32ClN5O7/c1-17(2)27(32)30(41)42-16-43-36-25-14-21(10-11-24(25)34-35-36)28(38)33-23(15-26(37)29(39)40)12-18-6-8-19(9-7-18)20-4-3-5-22(31)13-20/h3-11,13-14,17,23,26-27,37H,12,15-16,32H2,1-2H3,(H,33,38)(H,39,40)/t23-,26-,27-/m1/s1. The molecule has 1 amide bonds. The maximum Gasteiger partial charge on any atom is 0.332 e. The van der Waals surface area contributed by atoms with Gasteiger partial charge in [-0.15, -0.1) is 5.10 Å². The molecule has 0 bridgehead atoms. The van der Waals surface area contributed by atoms with E-state index in [1.807, 2.05) is 42.5 Å². The van der Waals surface area contributed by atoms with E-state index < -0.39 is 42.8 Å². The van der Waals surface area contributed by atoms with Crippen molar-refractivity contribution in [2.24, 2.45) is 11.7 Å². The van der Waals surface area contributed by atoms with Gasteiger partial charge in [-0.05, 0) is 64.6 Å². The summed E-state index contributed by atoms with van der Waals surface area (Å²) in [5.41, 5.74) is 9.44. The minimum absolute atomic E-state index is 0.116. The molecule has 0 fully saturated rings. The van der Waals surface area contributed by atoms with Crippen LogP contribution in [-0.2, 0) is 20.7 Å². The highest BCUT2D eigenvalue weighted by molar-refractivity contribution is 6.30. The summed E-state index contributed by atoms with van der Waals surface area (Å²) in [6.07, 6.45) is -1.63. The maximum absolute atomic E-state index is 13.3. The molecule has 43 heavy (non-hydrogen) atoms. The van der Waals surface area contributed by atoms with E-state index in [-0.39, 0.29) is 24.3 Å².